The van der Waals surface area contributed by atoms with E-state index in [1.807, 2.05) is 0 Å². The van der Waals surface area contributed by atoms with Gasteiger partial charge in [-0.1, -0.05) is 26.2 Å². The van der Waals surface area contributed by atoms with Crippen LogP contribution in [0.5, 0.6) is 0 Å². The van der Waals surface area contributed by atoms with Gasteiger partial charge in [0.05, 0.1) is 46.1 Å². The average molecular weight is 392 g/mol. The average Bonchev–Trinajstić information content (AvgIpc) is 2.65. The molecular formula is C19H37NO7. The lowest BCUT2D eigenvalue weighted by Gasteiger charge is -2.08. The maximum Gasteiger partial charge on any atom is 0.303 e. The quantitative estimate of drug-likeness (QED) is 0.288. The molecule has 8 nitrogen and oxygen atoms in total. The Labute approximate surface area is 162 Å². The standard InChI is InChI=1S/C19H37NO7/c1-2-3-4-5-10-24-12-14-26-16-17-27-15-13-25-11-6-9-20-18(21)7-8-19(22)23/h2-17H2,1H3,(H,20,21)(H,22,23). The van der Waals surface area contributed by atoms with E-state index in [1.54, 1.807) is 0 Å². The second-order valence-electron chi connectivity index (χ2n) is 6.11. The summed E-state index contributed by atoms with van der Waals surface area (Å²) >= 11 is 0. The summed E-state index contributed by atoms with van der Waals surface area (Å²) in [6.45, 7) is 7.29. The van der Waals surface area contributed by atoms with Gasteiger partial charge < -0.3 is 29.4 Å². The zero-order valence-electron chi connectivity index (χ0n) is 16.7. The summed E-state index contributed by atoms with van der Waals surface area (Å²) in [4.78, 5) is 21.6. The molecule has 1 amide bonds. The highest BCUT2D eigenvalue weighted by atomic mass is 16.6. The second kappa shape index (κ2) is 21.1. The Morgan fingerprint density at radius 3 is 1.74 bits per heavy atom. The fourth-order valence-electron chi connectivity index (χ4n) is 2.10. The van der Waals surface area contributed by atoms with E-state index in [4.69, 9.17) is 24.1 Å². The number of hydrogen-bond acceptors (Lipinski definition) is 6. The number of carbonyl (C=O) groups excluding carboxylic acids is 1. The third kappa shape index (κ3) is 22.7. The van der Waals surface area contributed by atoms with E-state index in [1.165, 1.54) is 19.3 Å². The first kappa shape index (κ1) is 25.8. The van der Waals surface area contributed by atoms with Crippen molar-refractivity contribution >= 4 is 11.9 Å². The number of carboxylic acid groups (broad SMARTS) is 1. The van der Waals surface area contributed by atoms with Crippen LogP contribution in [0.25, 0.3) is 0 Å². The van der Waals surface area contributed by atoms with Crippen LogP contribution in [0.1, 0.15) is 51.9 Å². The molecule has 0 aromatic rings. The predicted octanol–water partition coefficient (Wildman–Crippen LogP) is 2.00. The highest BCUT2D eigenvalue weighted by molar-refractivity contribution is 5.80. The molecule has 0 aromatic carbocycles. The fourth-order valence-corrected chi connectivity index (χ4v) is 2.10. The molecule has 0 atom stereocenters. The molecule has 2 N–H and O–H groups in total. The van der Waals surface area contributed by atoms with Gasteiger partial charge in [-0.2, -0.15) is 0 Å². The zero-order valence-corrected chi connectivity index (χ0v) is 16.7. The van der Waals surface area contributed by atoms with Crippen molar-refractivity contribution in [2.75, 3.05) is 59.4 Å². The number of carbonyl (C=O) groups is 2. The van der Waals surface area contributed by atoms with E-state index in [0.29, 0.717) is 59.2 Å². The summed E-state index contributed by atoms with van der Waals surface area (Å²) < 4.78 is 21.7. The van der Waals surface area contributed by atoms with Crippen molar-refractivity contribution in [3.8, 4) is 0 Å². The molecule has 0 fully saturated rings. The van der Waals surface area contributed by atoms with Crippen LogP contribution in [0.4, 0.5) is 0 Å². The van der Waals surface area contributed by atoms with Crippen LogP contribution in [0, 0.1) is 0 Å². The van der Waals surface area contributed by atoms with Crippen molar-refractivity contribution in [3.63, 3.8) is 0 Å². The Morgan fingerprint density at radius 2 is 1.22 bits per heavy atom. The van der Waals surface area contributed by atoms with Crippen molar-refractivity contribution < 1.29 is 33.6 Å². The molecule has 0 heterocycles. The summed E-state index contributed by atoms with van der Waals surface area (Å²) in [6.07, 6.45) is 5.41. The Hall–Kier alpha value is -1.22. The minimum absolute atomic E-state index is 0.0111. The van der Waals surface area contributed by atoms with Gasteiger partial charge in [0.1, 0.15) is 0 Å². The molecule has 0 saturated carbocycles. The van der Waals surface area contributed by atoms with E-state index >= 15 is 0 Å². The lowest BCUT2D eigenvalue weighted by Crippen LogP contribution is -2.25. The number of hydrogen-bond donors (Lipinski definition) is 2. The van der Waals surface area contributed by atoms with Gasteiger partial charge in [0.25, 0.3) is 0 Å². The third-order valence-electron chi connectivity index (χ3n) is 3.61. The van der Waals surface area contributed by atoms with Crippen LogP contribution >= 0.6 is 0 Å². The lowest BCUT2D eigenvalue weighted by molar-refractivity contribution is -0.138. The van der Waals surface area contributed by atoms with Crippen LogP contribution in [-0.4, -0.2) is 76.4 Å². The summed E-state index contributed by atoms with van der Waals surface area (Å²) in [5.41, 5.74) is 0. The zero-order chi connectivity index (χ0) is 20.0. The highest BCUT2D eigenvalue weighted by Gasteiger charge is 2.04. The molecule has 8 heteroatoms. The maximum absolute atomic E-state index is 11.3. The van der Waals surface area contributed by atoms with Gasteiger partial charge in [-0.15, -0.1) is 0 Å². The van der Waals surface area contributed by atoms with Crippen LogP contribution in [0.3, 0.4) is 0 Å². The number of aliphatic carboxylic acids is 1. The van der Waals surface area contributed by atoms with Crippen LogP contribution < -0.4 is 5.32 Å². The number of carboxylic acids is 1. The number of amides is 1. The molecule has 160 valence electrons. The van der Waals surface area contributed by atoms with Crippen molar-refractivity contribution in [2.45, 2.75) is 51.9 Å². The van der Waals surface area contributed by atoms with E-state index in [2.05, 4.69) is 12.2 Å². The van der Waals surface area contributed by atoms with Crippen molar-refractivity contribution in [1.82, 2.24) is 5.32 Å². The smallest absolute Gasteiger partial charge is 0.303 e. The first-order chi connectivity index (χ1) is 13.2. The van der Waals surface area contributed by atoms with Crippen LogP contribution in [-0.2, 0) is 28.5 Å². The van der Waals surface area contributed by atoms with Crippen LogP contribution in [0.15, 0.2) is 0 Å². The molecule has 0 rings (SSSR count). The molecule has 0 bridgehead atoms. The Balaban J connectivity index is 3.09. The van der Waals surface area contributed by atoms with Crippen molar-refractivity contribution in [1.29, 1.82) is 0 Å². The third-order valence-corrected chi connectivity index (χ3v) is 3.61. The molecule has 0 aromatic heterocycles. The maximum atomic E-state index is 11.3. The van der Waals surface area contributed by atoms with Gasteiger partial charge in [-0.05, 0) is 12.8 Å². The van der Waals surface area contributed by atoms with Gasteiger partial charge in [0.15, 0.2) is 0 Å². The topological polar surface area (TPSA) is 103 Å². The number of nitrogens with one attached hydrogen (secondary N) is 1. The van der Waals surface area contributed by atoms with E-state index in [-0.39, 0.29) is 18.7 Å². The first-order valence-electron chi connectivity index (χ1n) is 9.96. The Kier molecular flexibility index (Phi) is 20.1. The monoisotopic (exact) mass is 391 g/mol. The molecule has 0 spiro atoms. The second-order valence-corrected chi connectivity index (χ2v) is 6.11. The summed E-state index contributed by atoms with van der Waals surface area (Å²) in [7, 11) is 0. The van der Waals surface area contributed by atoms with Crippen LogP contribution in [0.2, 0.25) is 0 Å². The van der Waals surface area contributed by atoms with Gasteiger partial charge in [0.2, 0.25) is 5.91 Å². The molecule has 0 aliphatic heterocycles. The SMILES string of the molecule is CCCCCCOCCOCCOCCOCCCNC(=O)CCC(=O)O. The van der Waals surface area contributed by atoms with Gasteiger partial charge >= 0.3 is 5.97 Å². The lowest BCUT2D eigenvalue weighted by atomic mass is 10.2. The molecule has 0 unspecified atom stereocenters. The molecule has 0 radical (unpaired) electrons. The minimum atomic E-state index is -0.968. The van der Waals surface area contributed by atoms with Gasteiger partial charge in [-0.3, -0.25) is 9.59 Å². The van der Waals surface area contributed by atoms with E-state index < -0.39 is 5.97 Å². The normalized spacial score (nSPS) is 10.9. The first-order valence-corrected chi connectivity index (χ1v) is 9.96. The predicted molar refractivity (Wildman–Crippen MR) is 102 cm³/mol. The molecule has 0 saturated heterocycles. The Bertz CT molecular complexity index is 353. The van der Waals surface area contributed by atoms with E-state index in [0.717, 1.165) is 13.0 Å². The summed E-state index contributed by atoms with van der Waals surface area (Å²) in [6, 6.07) is 0. The van der Waals surface area contributed by atoms with Crippen molar-refractivity contribution in [2.24, 2.45) is 0 Å². The highest BCUT2D eigenvalue weighted by Crippen LogP contribution is 1.98. The van der Waals surface area contributed by atoms with Gasteiger partial charge in [-0.25, -0.2) is 0 Å². The van der Waals surface area contributed by atoms with Crippen molar-refractivity contribution in [3.05, 3.63) is 0 Å². The summed E-state index contributed by atoms with van der Waals surface area (Å²) in [5, 5.41) is 11.1. The van der Waals surface area contributed by atoms with Gasteiger partial charge in [0, 0.05) is 26.2 Å². The largest absolute Gasteiger partial charge is 0.481 e. The number of unbranched alkanes of at least 4 members (excludes halogenated alkanes) is 3. The fraction of sp³-hybridized carbons (Fsp3) is 0.895. The molecule has 0 aliphatic carbocycles. The Morgan fingerprint density at radius 1 is 0.704 bits per heavy atom. The minimum Gasteiger partial charge on any atom is -0.481 e. The number of rotatable bonds is 21. The number of ether oxygens (including phenoxy) is 4. The van der Waals surface area contributed by atoms with E-state index in [9.17, 15) is 9.59 Å². The molecular weight excluding hydrogens is 354 g/mol. The molecule has 0 aliphatic rings. The summed E-state index contributed by atoms with van der Waals surface area (Å²) in [5.74, 6) is -1.22. The molecule has 27 heavy (non-hydrogen) atoms.